The van der Waals surface area contributed by atoms with Gasteiger partial charge in [0.1, 0.15) is 5.82 Å². The third kappa shape index (κ3) is 3.45. The van der Waals surface area contributed by atoms with Crippen LogP contribution in [0.4, 0.5) is 4.39 Å². The molecule has 0 aliphatic heterocycles. The van der Waals surface area contributed by atoms with Crippen LogP contribution in [0.5, 0.6) is 0 Å². The molecule has 0 fully saturated rings. The number of aryl methyl sites for hydroxylation is 1. The average molecular weight is 334 g/mol. The van der Waals surface area contributed by atoms with E-state index < -0.39 is 11.8 Å². The second-order valence-corrected chi connectivity index (χ2v) is 5.64. The van der Waals surface area contributed by atoms with Crippen molar-refractivity contribution in [3.05, 3.63) is 78.4 Å². The second-order valence-electron chi connectivity index (χ2n) is 5.64. The summed E-state index contributed by atoms with van der Waals surface area (Å²) in [5.74, 6) is -1.55. The molecule has 0 radical (unpaired) electrons. The van der Waals surface area contributed by atoms with E-state index in [1.165, 1.54) is 12.1 Å². The van der Waals surface area contributed by atoms with Crippen molar-refractivity contribution in [1.82, 2.24) is 9.97 Å². The van der Waals surface area contributed by atoms with Crippen molar-refractivity contribution in [1.29, 1.82) is 0 Å². The summed E-state index contributed by atoms with van der Waals surface area (Å²) in [6, 6.07) is 12.0. The Balaban J connectivity index is 1.91. The van der Waals surface area contributed by atoms with Crippen molar-refractivity contribution in [2.45, 2.75) is 6.92 Å². The number of rotatable bonds is 4. The van der Waals surface area contributed by atoms with Crippen LogP contribution >= 0.6 is 0 Å². The molecule has 0 bridgehead atoms. The van der Waals surface area contributed by atoms with Gasteiger partial charge >= 0.3 is 5.97 Å². The van der Waals surface area contributed by atoms with Crippen molar-refractivity contribution >= 4 is 11.5 Å². The molecular formula is C20H15FN2O2. The predicted octanol–water partition coefficient (Wildman–Crippen LogP) is 4.36. The number of carboxylic acids is 1. The van der Waals surface area contributed by atoms with Gasteiger partial charge < -0.3 is 5.11 Å². The number of carboxylic acid groups (broad SMARTS) is 1. The number of hydrogen-bond acceptors (Lipinski definition) is 3. The lowest BCUT2D eigenvalue weighted by molar-refractivity contribution is -0.130. The van der Waals surface area contributed by atoms with Gasteiger partial charge in [0.25, 0.3) is 0 Å². The van der Waals surface area contributed by atoms with Gasteiger partial charge in [0.15, 0.2) is 5.82 Å². The van der Waals surface area contributed by atoms with E-state index >= 15 is 0 Å². The molecule has 124 valence electrons. The van der Waals surface area contributed by atoms with Gasteiger partial charge in [-0.15, -0.1) is 0 Å². The fourth-order valence-electron chi connectivity index (χ4n) is 2.37. The predicted molar refractivity (Wildman–Crippen MR) is 94.3 cm³/mol. The van der Waals surface area contributed by atoms with Crippen LogP contribution in [-0.2, 0) is 4.79 Å². The van der Waals surface area contributed by atoms with Crippen LogP contribution in [0.25, 0.3) is 28.1 Å². The lowest BCUT2D eigenvalue weighted by Crippen LogP contribution is -1.99. The minimum Gasteiger partial charge on any atom is -0.478 e. The van der Waals surface area contributed by atoms with Crippen LogP contribution in [-0.4, -0.2) is 21.0 Å². The van der Waals surface area contributed by atoms with Crippen LogP contribution in [0.1, 0.15) is 11.1 Å². The van der Waals surface area contributed by atoms with Crippen molar-refractivity contribution in [2.24, 2.45) is 0 Å². The van der Waals surface area contributed by atoms with E-state index in [-0.39, 0.29) is 22.5 Å². The summed E-state index contributed by atoms with van der Waals surface area (Å²) in [7, 11) is 0. The Morgan fingerprint density at radius 1 is 1.04 bits per heavy atom. The zero-order chi connectivity index (χ0) is 18.0. The van der Waals surface area contributed by atoms with Gasteiger partial charge in [-0.3, -0.25) is 0 Å². The molecule has 25 heavy (non-hydrogen) atoms. The van der Waals surface area contributed by atoms with E-state index in [1.54, 1.807) is 12.4 Å². The molecule has 0 saturated carbocycles. The SMILES string of the molecule is C=C(C(=O)O)c1ccc(-c2ncc(-c3ccc(C)cc3)cn2)c(F)c1. The summed E-state index contributed by atoms with van der Waals surface area (Å²) in [5.41, 5.74) is 3.22. The third-order valence-electron chi connectivity index (χ3n) is 3.85. The zero-order valence-electron chi connectivity index (χ0n) is 13.5. The Labute approximate surface area is 144 Å². The topological polar surface area (TPSA) is 63.1 Å². The molecular weight excluding hydrogens is 319 g/mol. The van der Waals surface area contributed by atoms with E-state index in [4.69, 9.17) is 5.11 Å². The Morgan fingerprint density at radius 3 is 2.24 bits per heavy atom. The maximum Gasteiger partial charge on any atom is 0.335 e. The molecule has 1 aromatic heterocycles. The highest BCUT2D eigenvalue weighted by Gasteiger charge is 2.13. The van der Waals surface area contributed by atoms with E-state index in [0.29, 0.717) is 0 Å². The van der Waals surface area contributed by atoms with Crippen molar-refractivity contribution < 1.29 is 14.3 Å². The molecule has 0 atom stereocenters. The van der Waals surface area contributed by atoms with Crippen molar-refractivity contribution in [3.8, 4) is 22.5 Å². The van der Waals surface area contributed by atoms with Crippen LogP contribution in [0.15, 0.2) is 61.4 Å². The molecule has 3 aromatic rings. The Hall–Kier alpha value is -3.34. The van der Waals surface area contributed by atoms with E-state index in [0.717, 1.165) is 22.8 Å². The van der Waals surface area contributed by atoms with Crippen LogP contribution < -0.4 is 0 Å². The van der Waals surface area contributed by atoms with Crippen LogP contribution in [0, 0.1) is 12.7 Å². The quantitative estimate of drug-likeness (QED) is 0.720. The fourth-order valence-corrected chi connectivity index (χ4v) is 2.37. The maximum atomic E-state index is 14.3. The summed E-state index contributed by atoms with van der Waals surface area (Å²) in [6.45, 7) is 5.43. The monoisotopic (exact) mass is 334 g/mol. The number of halogens is 1. The smallest absolute Gasteiger partial charge is 0.335 e. The molecule has 5 heteroatoms. The molecule has 0 saturated heterocycles. The standard InChI is InChI=1S/C20H15FN2O2/c1-12-3-5-14(6-4-12)16-10-22-19(23-11-16)17-8-7-15(9-18(17)21)13(2)20(24)25/h3-11H,2H2,1H3,(H,24,25). The first-order valence-corrected chi connectivity index (χ1v) is 7.57. The minimum atomic E-state index is -1.19. The number of carbonyl (C=O) groups is 1. The van der Waals surface area contributed by atoms with Crippen molar-refractivity contribution in [2.75, 3.05) is 0 Å². The average Bonchev–Trinajstić information content (AvgIpc) is 2.62. The molecule has 0 amide bonds. The molecule has 0 unspecified atom stereocenters. The van der Waals surface area contributed by atoms with Gasteiger partial charge in [-0.25, -0.2) is 19.2 Å². The minimum absolute atomic E-state index is 0.166. The molecule has 0 aliphatic rings. The second kappa shape index (κ2) is 6.65. The fraction of sp³-hybridized carbons (Fsp3) is 0.0500. The number of benzene rings is 2. The summed E-state index contributed by atoms with van der Waals surface area (Å²) in [4.78, 5) is 19.4. The van der Waals surface area contributed by atoms with Gasteiger partial charge in [0.05, 0.1) is 11.1 Å². The number of hydrogen-bond donors (Lipinski definition) is 1. The Kier molecular flexibility index (Phi) is 4.39. The number of aromatic nitrogens is 2. The van der Waals surface area contributed by atoms with Gasteiger partial charge in [0.2, 0.25) is 0 Å². The normalized spacial score (nSPS) is 10.5. The third-order valence-corrected chi connectivity index (χ3v) is 3.85. The summed E-state index contributed by atoms with van der Waals surface area (Å²) in [5, 5.41) is 8.92. The molecule has 0 aliphatic carbocycles. The lowest BCUT2D eigenvalue weighted by Gasteiger charge is -2.07. The molecule has 0 spiro atoms. The Bertz CT molecular complexity index is 948. The van der Waals surface area contributed by atoms with Gasteiger partial charge in [0, 0.05) is 18.0 Å². The summed E-state index contributed by atoms with van der Waals surface area (Å²) in [6.07, 6.45) is 3.27. The lowest BCUT2D eigenvalue weighted by atomic mass is 10.0. The maximum absolute atomic E-state index is 14.3. The molecule has 1 N–H and O–H groups in total. The first kappa shape index (κ1) is 16.5. The number of aliphatic carboxylic acids is 1. The first-order valence-electron chi connectivity index (χ1n) is 7.57. The van der Waals surface area contributed by atoms with Gasteiger partial charge in [-0.1, -0.05) is 42.5 Å². The Morgan fingerprint density at radius 2 is 1.68 bits per heavy atom. The first-order chi connectivity index (χ1) is 12.0. The highest BCUT2D eigenvalue weighted by atomic mass is 19.1. The molecule has 1 heterocycles. The number of nitrogens with zero attached hydrogens (tertiary/aromatic N) is 2. The highest BCUT2D eigenvalue weighted by molar-refractivity contribution is 6.14. The van der Waals surface area contributed by atoms with E-state index in [2.05, 4.69) is 16.5 Å². The van der Waals surface area contributed by atoms with Gasteiger partial charge in [-0.2, -0.15) is 0 Å². The highest BCUT2D eigenvalue weighted by Crippen LogP contribution is 2.25. The van der Waals surface area contributed by atoms with Crippen LogP contribution in [0.2, 0.25) is 0 Å². The van der Waals surface area contributed by atoms with Crippen molar-refractivity contribution in [3.63, 3.8) is 0 Å². The summed E-state index contributed by atoms with van der Waals surface area (Å²) < 4.78 is 14.3. The van der Waals surface area contributed by atoms with E-state index in [1.807, 2.05) is 31.2 Å². The van der Waals surface area contributed by atoms with Gasteiger partial charge in [-0.05, 0) is 30.2 Å². The zero-order valence-corrected chi connectivity index (χ0v) is 13.5. The molecule has 2 aromatic carbocycles. The largest absolute Gasteiger partial charge is 0.478 e. The molecule has 4 nitrogen and oxygen atoms in total. The van der Waals surface area contributed by atoms with E-state index in [9.17, 15) is 9.18 Å². The molecule has 3 rings (SSSR count). The summed E-state index contributed by atoms with van der Waals surface area (Å²) >= 11 is 0. The van der Waals surface area contributed by atoms with Crippen LogP contribution in [0.3, 0.4) is 0 Å².